The number of carbonyl (C=O) groups is 4. The highest BCUT2D eigenvalue weighted by atomic mass is 16.8. The van der Waals surface area contributed by atoms with Crippen molar-refractivity contribution in [1.82, 2.24) is 0 Å². The Morgan fingerprint density at radius 3 is 1.80 bits per heavy atom. The maximum atomic E-state index is 12.5. The number of hydrogen-bond donors (Lipinski definition) is 2. The molecule has 0 saturated heterocycles. The lowest BCUT2D eigenvalue weighted by Gasteiger charge is -2.31. The van der Waals surface area contributed by atoms with E-state index in [0.29, 0.717) is 18.4 Å². The van der Waals surface area contributed by atoms with Crippen LogP contribution >= 0.6 is 0 Å². The van der Waals surface area contributed by atoms with E-state index < -0.39 is 60.6 Å². The molecule has 3 N–H and O–H groups in total. The number of benzene rings is 1. The maximum absolute atomic E-state index is 12.5. The minimum absolute atomic E-state index is 0.150. The van der Waals surface area contributed by atoms with E-state index in [1.165, 1.54) is 18.2 Å². The maximum Gasteiger partial charge on any atom is 0.514 e. The van der Waals surface area contributed by atoms with E-state index in [2.05, 4.69) is 0 Å². The predicted octanol–water partition coefficient (Wildman–Crippen LogP) is 6.03. The third-order valence-corrected chi connectivity index (χ3v) is 6.93. The number of carboxylic acid groups (broad SMARTS) is 1. The predicted molar refractivity (Wildman–Crippen MR) is 149 cm³/mol. The van der Waals surface area contributed by atoms with Gasteiger partial charge in [-0.25, -0.2) is 14.4 Å². The van der Waals surface area contributed by atoms with Gasteiger partial charge in [-0.2, -0.15) is 0 Å². The zero-order chi connectivity index (χ0) is 31.3. The molecule has 0 spiro atoms. The van der Waals surface area contributed by atoms with Gasteiger partial charge in [0.1, 0.15) is 24.4 Å². The van der Waals surface area contributed by atoms with Crippen LogP contribution in [0.25, 0.3) is 0 Å². The molecule has 41 heavy (non-hydrogen) atoms. The largest absolute Gasteiger partial charge is 0.514 e. The number of carbonyl (C=O) groups excluding carboxylic acids is 3. The molecule has 12 heteroatoms. The highest BCUT2D eigenvalue weighted by Gasteiger charge is 2.36. The van der Waals surface area contributed by atoms with Crippen LogP contribution in [0, 0.1) is 11.8 Å². The standard InChI is InChI=1S/C29H45NO11/c1-9-16(4)15-36-27(33)39-20(8)19(7)24(25(30)26(31)32)21-12-13-22(40-28(34)37-17(5)10-2)23(14-21)41-29(35)38-18(6)11-3/h12-14,16-20,24-25H,9-11,15,30H2,1-8H3,(H,31,32)/t16?,17?,18?,19?,20?,24?,25-/m0/s1. The molecule has 0 aliphatic heterocycles. The lowest BCUT2D eigenvalue weighted by atomic mass is 9.79. The van der Waals surface area contributed by atoms with E-state index in [4.69, 9.17) is 34.2 Å². The second kappa shape index (κ2) is 17.3. The summed E-state index contributed by atoms with van der Waals surface area (Å²) in [5.74, 6) is -3.09. The third-order valence-electron chi connectivity index (χ3n) is 6.93. The zero-order valence-electron chi connectivity index (χ0n) is 25.2. The van der Waals surface area contributed by atoms with Gasteiger partial charge in [0.25, 0.3) is 0 Å². The molecule has 0 bridgehead atoms. The van der Waals surface area contributed by atoms with Gasteiger partial charge in [0.05, 0.1) is 6.61 Å². The van der Waals surface area contributed by atoms with Crippen molar-refractivity contribution in [2.75, 3.05) is 6.61 Å². The monoisotopic (exact) mass is 583 g/mol. The first-order valence-electron chi connectivity index (χ1n) is 14.0. The number of carboxylic acids is 1. The molecule has 0 amide bonds. The van der Waals surface area contributed by atoms with Gasteiger partial charge in [0.15, 0.2) is 11.5 Å². The average molecular weight is 584 g/mol. The molecular formula is C29H45NO11. The SMILES string of the molecule is CCC(C)COC(=O)OC(C)C(C)C(c1ccc(OC(=O)OC(C)CC)c(OC(=O)OC(C)CC)c1)[C@H](N)C(=O)O. The van der Waals surface area contributed by atoms with Crippen molar-refractivity contribution in [3.63, 3.8) is 0 Å². The van der Waals surface area contributed by atoms with Crippen LogP contribution in [0.3, 0.4) is 0 Å². The van der Waals surface area contributed by atoms with Crippen LogP contribution in [0.15, 0.2) is 18.2 Å². The van der Waals surface area contributed by atoms with Crippen molar-refractivity contribution in [1.29, 1.82) is 0 Å². The Morgan fingerprint density at radius 1 is 0.780 bits per heavy atom. The molecular weight excluding hydrogens is 538 g/mol. The molecule has 0 saturated carbocycles. The van der Waals surface area contributed by atoms with Gasteiger partial charge in [-0.3, -0.25) is 4.79 Å². The summed E-state index contributed by atoms with van der Waals surface area (Å²) in [4.78, 5) is 49.0. The van der Waals surface area contributed by atoms with Gasteiger partial charge in [-0.1, -0.05) is 47.1 Å². The highest BCUT2D eigenvalue weighted by molar-refractivity contribution is 5.75. The molecule has 7 atom stereocenters. The van der Waals surface area contributed by atoms with Crippen LogP contribution in [0.5, 0.6) is 11.5 Å². The summed E-state index contributed by atoms with van der Waals surface area (Å²) >= 11 is 0. The van der Waals surface area contributed by atoms with Crippen LogP contribution in [-0.2, 0) is 23.7 Å². The molecule has 232 valence electrons. The molecule has 0 radical (unpaired) electrons. The first-order valence-corrected chi connectivity index (χ1v) is 14.0. The molecule has 1 rings (SSSR count). The lowest BCUT2D eigenvalue weighted by Crippen LogP contribution is -2.42. The summed E-state index contributed by atoms with van der Waals surface area (Å²) in [7, 11) is 0. The summed E-state index contributed by atoms with van der Waals surface area (Å²) in [6.07, 6.45) is -2.72. The van der Waals surface area contributed by atoms with Crippen LogP contribution in [0.1, 0.15) is 86.1 Å². The van der Waals surface area contributed by atoms with E-state index in [1.54, 1.807) is 27.7 Å². The summed E-state index contributed by atoms with van der Waals surface area (Å²) in [5.41, 5.74) is 6.42. The Balaban J connectivity index is 3.38. The van der Waals surface area contributed by atoms with Crippen molar-refractivity contribution in [3.05, 3.63) is 23.8 Å². The number of ether oxygens (including phenoxy) is 6. The summed E-state index contributed by atoms with van der Waals surface area (Å²) in [6.45, 7) is 14.4. The zero-order valence-corrected chi connectivity index (χ0v) is 25.2. The molecule has 6 unspecified atom stereocenters. The normalized spacial score (nSPS) is 16.1. The fourth-order valence-electron chi connectivity index (χ4n) is 3.52. The Kier molecular flexibility index (Phi) is 15.0. The second-order valence-electron chi connectivity index (χ2n) is 10.2. The first kappa shape index (κ1) is 35.5. The van der Waals surface area contributed by atoms with Crippen LogP contribution in [0.2, 0.25) is 0 Å². The van der Waals surface area contributed by atoms with Crippen molar-refractivity contribution in [2.24, 2.45) is 17.6 Å². The number of aliphatic carboxylic acids is 1. The Labute approximate surface area is 241 Å². The molecule has 0 fully saturated rings. The van der Waals surface area contributed by atoms with E-state index >= 15 is 0 Å². The summed E-state index contributed by atoms with van der Waals surface area (Å²) in [5, 5.41) is 9.77. The Morgan fingerprint density at radius 2 is 1.32 bits per heavy atom. The molecule has 0 heterocycles. The quantitative estimate of drug-likeness (QED) is 0.140. The van der Waals surface area contributed by atoms with Crippen LogP contribution in [0.4, 0.5) is 14.4 Å². The Bertz CT molecular complexity index is 1010. The Hall–Kier alpha value is -3.54. The molecule has 12 nitrogen and oxygen atoms in total. The van der Waals surface area contributed by atoms with E-state index in [0.717, 1.165) is 6.42 Å². The topological polar surface area (TPSA) is 170 Å². The molecule has 1 aromatic carbocycles. The molecule has 0 aliphatic carbocycles. The lowest BCUT2D eigenvalue weighted by molar-refractivity contribution is -0.139. The van der Waals surface area contributed by atoms with Gasteiger partial charge >= 0.3 is 24.4 Å². The number of rotatable bonds is 15. The molecule has 0 aliphatic rings. The van der Waals surface area contributed by atoms with Crippen molar-refractivity contribution < 1.29 is 52.7 Å². The number of hydrogen-bond acceptors (Lipinski definition) is 11. The van der Waals surface area contributed by atoms with E-state index in [1.807, 2.05) is 27.7 Å². The first-order chi connectivity index (χ1) is 19.2. The van der Waals surface area contributed by atoms with Gasteiger partial charge in [0, 0.05) is 11.8 Å². The van der Waals surface area contributed by atoms with Crippen molar-refractivity contribution in [2.45, 2.75) is 105 Å². The minimum atomic E-state index is -1.44. The fourth-order valence-corrected chi connectivity index (χ4v) is 3.52. The van der Waals surface area contributed by atoms with Gasteiger partial charge in [-0.15, -0.1) is 0 Å². The molecule has 1 aromatic rings. The van der Waals surface area contributed by atoms with Crippen LogP contribution < -0.4 is 15.2 Å². The highest BCUT2D eigenvalue weighted by Crippen LogP contribution is 2.37. The van der Waals surface area contributed by atoms with Crippen molar-refractivity contribution >= 4 is 24.4 Å². The van der Waals surface area contributed by atoms with Crippen molar-refractivity contribution in [3.8, 4) is 11.5 Å². The van der Waals surface area contributed by atoms with E-state index in [-0.39, 0.29) is 24.0 Å². The van der Waals surface area contributed by atoms with Gasteiger partial charge in [-0.05, 0) is 57.2 Å². The second-order valence-corrected chi connectivity index (χ2v) is 10.2. The fraction of sp³-hybridized carbons (Fsp3) is 0.655. The summed E-state index contributed by atoms with van der Waals surface area (Å²) in [6, 6.07) is 2.71. The smallest absolute Gasteiger partial charge is 0.480 e. The van der Waals surface area contributed by atoms with Crippen LogP contribution in [-0.4, -0.2) is 60.5 Å². The third kappa shape index (κ3) is 11.8. The van der Waals surface area contributed by atoms with Gasteiger partial charge < -0.3 is 39.3 Å². The van der Waals surface area contributed by atoms with Gasteiger partial charge in [0.2, 0.25) is 0 Å². The van der Waals surface area contributed by atoms with E-state index in [9.17, 15) is 24.3 Å². The molecule has 0 aromatic heterocycles. The minimum Gasteiger partial charge on any atom is -0.480 e. The number of nitrogens with two attached hydrogens (primary N) is 1. The average Bonchev–Trinajstić information content (AvgIpc) is 2.92. The summed E-state index contributed by atoms with van der Waals surface area (Å²) < 4.78 is 31.6.